The van der Waals surface area contributed by atoms with Crippen molar-refractivity contribution in [3.05, 3.63) is 84.1 Å². The maximum Gasteiger partial charge on any atom is 0.343 e. The predicted molar refractivity (Wildman–Crippen MR) is 85.8 cm³/mol. The van der Waals surface area contributed by atoms with Gasteiger partial charge in [-0.05, 0) is 42.8 Å². The quantitative estimate of drug-likeness (QED) is 0.533. The maximum atomic E-state index is 12.4. The Hall–Kier alpha value is -2.94. The van der Waals surface area contributed by atoms with E-state index < -0.39 is 0 Å². The third-order valence-corrected chi connectivity index (χ3v) is 3.40. The molecule has 0 aliphatic heterocycles. The number of esters is 1. The Labute approximate surface area is 129 Å². The zero-order valence-corrected chi connectivity index (χ0v) is 12.2. The zero-order valence-electron chi connectivity index (χ0n) is 12.2. The third-order valence-electron chi connectivity index (χ3n) is 3.40. The first-order valence-corrected chi connectivity index (χ1v) is 7.04. The second kappa shape index (κ2) is 6.22. The van der Waals surface area contributed by atoms with Crippen LogP contribution in [-0.2, 0) is 0 Å². The van der Waals surface area contributed by atoms with Crippen molar-refractivity contribution >= 4 is 5.97 Å². The fraction of sp³-hybridized carbons (Fsp3) is 0.0526. The summed E-state index contributed by atoms with van der Waals surface area (Å²) < 4.78 is 5.59. The zero-order chi connectivity index (χ0) is 15.4. The lowest BCUT2D eigenvalue weighted by molar-refractivity contribution is 0.0735. The molecule has 0 saturated carbocycles. The molecule has 0 aliphatic rings. The second-order valence-electron chi connectivity index (χ2n) is 4.92. The molecule has 1 aromatic heterocycles. The first kappa shape index (κ1) is 14.0. The van der Waals surface area contributed by atoms with Gasteiger partial charge in [-0.2, -0.15) is 0 Å². The molecule has 0 amide bonds. The van der Waals surface area contributed by atoms with Gasteiger partial charge in [0, 0.05) is 11.8 Å². The smallest absolute Gasteiger partial charge is 0.343 e. The Morgan fingerprint density at radius 3 is 2.41 bits per heavy atom. The maximum absolute atomic E-state index is 12.4. The minimum Gasteiger partial charge on any atom is -0.422 e. The van der Waals surface area contributed by atoms with Gasteiger partial charge in [0.25, 0.3) is 0 Å². The number of hydrogen-bond acceptors (Lipinski definition) is 3. The number of ether oxygens (including phenoxy) is 1. The fourth-order valence-corrected chi connectivity index (χ4v) is 2.25. The summed E-state index contributed by atoms with van der Waals surface area (Å²) in [5.74, 6) is 0.149. The van der Waals surface area contributed by atoms with Gasteiger partial charge in [0.05, 0.1) is 11.3 Å². The standard InChI is InChI=1S/C19H15NO2/c1-14-8-2-3-9-15(14)19(21)22-18-12-5-4-10-16(18)17-11-6-7-13-20-17/h2-13H,1H3. The number of nitrogens with zero attached hydrogens (tertiary/aromatic N) is 1. The van der Waals surface area contributed by atoms with E-state index in [0.717, 1.165) is 16.8 Å². The number of hydrogen-bond donors (Lipinski definition) is 0. The molecule has 3 rings (SSSR count). The van der Waals surface area contributed by atoms with E-state index in [1.165, 1.54) is 0 Å². The molecule has 0 saturated heterocycles. The van der Waals surface area contributed by atoms with Gasteiger partial charge < -0.3 is 4.74 Å². The van der Waals surface area contributed by atoms with E-state index in [0.29, 0.717) is 11.3 Å². The van der Waals surface area contributed by atoms with E-state index >= 15 is 0 Å². The van der Waals surface area contributed by atoms with Crippen LogP contribution in [0.4, 0.5) is 0 Å². The number of para-hydroxylation sites is 1. The van der Waals surface area contributed by atoms with E-state index in [9.17, 15) is 4.79 Å². The number of pyridine rings is 1. The van der Waals surface area contributed by atoms with E-state index in [2.05, 4.69) is 4.98 Å². The summed E-state index contributed by atoms with van der Waals surface area (Å²) in [5.41, 5.74) is 3.03. The van der Waals surface area contributed by atoms with Crippen molar-refractivity contribution in [2.75, 3.05) is 0 Å². The van der Waals surface area contributed by atoms with E-state index in [-0.39, 0.29) is 5.97 Å². The highest BCUT2D eigenvalue weighted by Crippen LogP contribution is 2.28. The van der Waals surface area contributed by atoms with Crippen LogP contribution in [0.1, 0.15) is 15.9 Å². The van der Waals surface area contributed by atoms with Crippen LogP contribution in [0.25, 0.3) is 11.3 Å². The lowest BCUT2D eigenvalue weighted by Crippen LogP contribution is -2.10. The van der Waals surface area contributed by atoms with Crippen LogP contribution in [-0.4, -0.2) is 11.0 Å². The number of aryl methyl sites for hydroxylation is 1. The lowest BCUT2D eigenvalue weighted by Gasteiger charge is -2.10. The molecule has 0 spiro atoms. The van der Waals surface area contributed by atoms with Gasteiger partial charge in [-0.3, -0.25) is 4.98 Å². The summed E-state index contributed by atoms with van der Waals surface area (Å²) >= 11 is 0. The van der Waals surface area contributed by atoms with Crippen molar-refractivity contribution in [3.8, 4) is 17.0 Å². The molecule has 108 valence electrons. The average Bonchev–Trinajstić information content (AvgIpc) is 2.56. The molecule has 2 aromatic carbocycles. The van der Waals surface area contributed by atoms with Crippen LogP contribution in [0.15, 0.2) is 72.9 Å². The largest absolute Gasteiger partial charge is 0.422 e. The number of rotatable bonds is 3. The Morgan fingerprint density at radius 1 is 0.909 bits per heavy atom. The summed E-state index contributed by atoms with van der Waals surface area (Å²) in [7, 11) is 0. The van der Waals surface area contributed by atoms with Crippen LogP contribution in [0.3, 0.4) is 0 Å². The molecule has 0 fully saturated rings. The Bertz CT molecular complexity index is 797. The highest BCUT2D eigenvalue weighted by atomic mass is 16.5. The summed E-state index contributed by atoms with van der Waals surface area (Å²) in [6.45, 7) is 1.89. The molecule has 0 unspecified atom stereocenters. The van der Waals surface area contributed by atoms with Crippen molar-refractivity contribution in [2.24, 2.45) is 0 Å². The summed E-state index contributed by atoms with van der Waals surface area (Å²) in [6.07, 6.45) is 1.72. The second-order valence-corrected chi connectivity index (χ2v) is 4.92. The van der Waals surface area contributed by atoms with Crippen LogP contribution in [0.2, 0.25) is 0 Å². The molecule has 3 nitrogen and oxygen atoms in total. The summed E-state index contributed by atoms with van der Waals surface area (Å²) in [6, 6.07) is 20.4. The molecule has 0 radical (unpaired) electrons. The van der Waals surface area contributed by atoms with Gasteiger partial charge in [-0.15, -0.1) is 0 Å². The lowest BCUT2D eigenvalue weighted by atomic mass is 10.1. The fourth-order valence-electron chi connectivity index (χ4n) is 2.25. The average molecular weight is 289 g/mol. The molecule has 0 N–H and O–H groups in total. The summed E-state index contributed by atoms with van der Waals surface area (Å²) in [4.78, 5) is 16.7. The van der Waals surface area contributed by atoms with Crippen molar-refractivity contribution in [1.82, 2.24) is 4.98 Å². The van der Waals surface area contributed by atoms with Crippen molar-refractivity contribution in [2.45, 2.75) is 6.92 Å². The molecule has 0 bridgehead atoms. The SMILES string of the molecule is Cc1ccccc1C(=O)Oc1ccccc1-c1ccccn1. The van der Waals surface area contributed by atoms with E-state index in [1.54, 1.807) is 18.3 Å². The molecular formula is C19H15NO2. The van der Waals surface area contributed by atoms with Gasteiger partial charge in [-0.25, -0.2) is 4.79 Å². The number of aromatic nitrogens is 1. The monoisotopic (exact) mass is 289 g/mol. The third kappa shape index (κ3) is 2.88. The van der Waals surface area contributed by atoms with Crippen LogP contribution in [0, 0.1) is 6.92 Å². The van der Waals surface area contributed by atoms with Gasteiger partial charge in [0.15, 0.2) is 0 Å². The van der Waals surface area contributed by atoms with Gasteiger partial charge in [0.1, 0.15) is 5.75 Å². The van der Waals surface area contributed by atoms with E-state index in [4.69, 9.17) is 4.74 Å². The Morgan fingerprint density at radius 2 is 1.64 bits per heavy atom. The Balaban J connectivity index is 1.94. The van der Waals surface area contributed by atoms with Gasteiger partial charge in [-0.1, -0.05) is 36.4 Å². The first-order valence-electron chi connectivity index (χ1n) is 7.04. The molecule has 22 heavy (non-hydrogen) atoms. The van der Waals surface area contributed by atoms with Crippen molar-refractivity contribution in [3.63, 3.8) is 0 Å². The number of carbonyl (C=O) groups is 1. The summed E-state index contributed by atoms with van der Waals surface area (Å²) in [5, 5.41) is 0. The molecule has 0 aliphatic carbocycles. The highest BCUT2D eigenvalue weighted by Gasteiger charge is 2.14. The van der Waals surface area contributed by atoms with Crippen molar-refractivity contribution in [1.29, 1.82) is 0 Å². The van der Waals surface area contributed by atoms with Gasteiger partial charge in [0.2, 0.25) is 0 Å². The van der Waals surface area contributed by atoms with Crippen LogP contribution < -0.4 is 4.74 Å². The normalized spacial score (nSPS) is 10.2. The molecular weight excluding hydrogens is 274 g/mol. The minimum absolute atomic E-state index is 0.360. The minimum atomic E-state index is -0.360. The van der Waals surface area contributed by atoms with Crippen LogP contribution in [0.5, 0.6) is 5.75 Å². The Kier molecular flexibility index (Phi) is 3.97. The highest BCUT2D eigenvalue weighted by molar-refractivity contribution is 5.93. The molecule has 3 heteroatoms. The van der Waals surface area contributed by atoms with Gasteiger partial charge >= 0.3 is 5.97 Å². The van der Waals surface area contributed by atoms with Crippen LogP contribution >= 0.6 is 0 Å². The predicted octanol–water partition coefficient (Wildman–Crippen LogP) is 4.28. The molecule has 1 heterocycles. The first-order chi connectivity index (χ1) is 10.8. The van der Waals surface area contributed by atoms with Crippen molar-refractivity contribution < 1.29 is 9.53 Å². The number of carbonyl (C=O) groups excluding carboxylic acids is 1. The topological polar surface area (TPSA) is 39.2 Å². The number of benzene rings is 2. The molecule has 0 atom stereocenters. The van der Waals surface area contributed by atoms with E-state index in [1.807, 2.05) is 61.5 Å². The molecule has 3 aromatic rings.